The van der Waals surface area contributed by atoms with E-state index in [1.54, 1.807) is 18.5 Å². The van der Waals surface area contributed by atoms with Crippen LogP contribution in [0.3, 0.4) is 0 Å². The van der Waals surface area contributed by atoms with Gasteiger partial charge in [-0.15, -0.1) is 0 Å². The zero-order chi connectivity index (χ0) is 11.4. The summed E-state index contributed by atoms with van der Waals surface area (Å²) in [4.78, 5) is 19.6. The Morgan fingerprint density at radius 2 is 2.00 bits per heavy atom. The number of rotatable bonds is 3. The molecule has 5 nitrogen and oxygen atoms in total. The summed E-state index contributed by atoms with van der Waals surface area (Å²) in [5.41, 5.74) is 5.79. The summed E-state index contributed by atoms with van der Waals surface area (Å²) in [5.74, 6) is 0.240. The van der Waals surface area contributed by atoms with Gasteiger partial charge in [-0.1, -0.05) is 12.8 Å². The van der Waals surface area contributed by atoms with Gasteiger partial charge in [0, 0.05) is 24.4 Å². The average Bonchev–Trinajstić information content (AvgIpc) is 2.66. The number of carbonyl (C=O) groups excluding carboxylic acids is 1. The van der Waals surface area contributed by atoms with Gasteiger partial charge in [-0.25, -0.2) is 9.97 Å². The minimum Gasteiger partial charge on any atom is -0.325 e. The molecule has 0 bridgehead atoms. The van der Waals surface area contributed by atoms with E-state index in [4.69, 9.17) is 5.73 Å². The Bertz CT molecular complexity index is 360. The van der Waals surface area contributed by atoms with E-state index >= 15 is 0 Å². The van der Waals surface area contributed by atoms with Crippen molar-refractivity contribution in [3.8, 4) is 0 Å². The molecule has 1 fully saturated rings. The molecule has 1 saturated carbocycles. The van der Waals surface area contributed by atoms with Crippen molar-refractivity contribution in [2.75, 3.05) is 5.32 Å². The van der Waals surface area contributed by atoms with Crippen LogP contribution in [0, 0.1) is 0 Å². The van der Waals surface area contributed by atoms with Crippen LogP contribution in [0.5, 0.6) is 0 Å². The number of amides is 1. The summed E-state index contributed by atoms with van der Waals surface area (Å²) < 4.78 is 0. The van der Waals surface area contributed by atoms with Gasteiger partial charge >= 0.3 is 0 Å². The van der Waals surface area contributed by atoms with Gasteiger partial charge in [-0.05, 0) is 18.9 Å². The molecule has 3 N–H and O–H groups in total. The van der Waals surface area contributed by atoms with Crippen LogP contribution >= 0.6 is 0 Å². The normalized spacial score (nSPS) is 18.3. The van der Waals surface area contributed by atoms with Crippen LogP contribution < -0.4 is 11.1 Å². The molecule has 5 heteroatoms. The second-order valence-electron chi connectivity index (χ2n) is 4.37. The minimum absolute atomic E-state index is 0.101. The first-order valence-electron chi connectivity index (χ1n) is 5.54. The molecule has 0 unspecified atom stereocenters. The molecule has 1 aromatic rings. The lowest BCUT2D eigenvalue weighted by atomic mass is 9.94. The van der Waals surface area contributed by atoms with Crippen LogP contribution in [0.1, 0.15) is 32.1 Å². The topological polar surface area (TPSA) is 80.9 Å². The van der Waals surface area contributed by atoms with Crippen LogP contribution in [0.15, 0.2) is 18.5 Å². The van der Waals surface area contributed by atoms with Crippen molar-refractivity contribution < 1.29 is 4.79 Å². The van der Waals surface area contributed by atoms with Gasteiger partial charge in [-0.3, -0.25) is 10.1 Å². The standard InChI is InChI=1S/C11H16N4O/c12-11(4-1-2-5-11)8-9(16)15-10-13-6-3-7-14-10/h3,6-7H,1-2,4-5,8,12H2,(H,13,14,15,16). The van der Waals surface area contributed by atoms with Crippen LogP contribution in [-0.4, -0.2) is 21.4 Å². The van der Waals surface area contributed by atoms with Crippen molar-refractivity contribution >= 4 is 11.9 Å². The van der Waals surface area contributed by atoms with E-state index < -0.39 is 0 Å². The maximum absolute atomic E-state index is 11.7. The molecule has 0 aliphatic heterocycles. The average molecular weight is 220 g/mol. The Morgan fingerprint density at radius 1 is 1.38 bits per heavy atom. The quantitative estimate of drug-likeness (QED) is 0.798. The molecule has 0 radical (unpaired) electrons. The third-order valence-electron chi connectivity index (χ3n) is 2.93. The Labute approximate surface area is 94.5 Å². The lowest BCUT2D eigenvalue weighted by molar-refractivity contribution is -0.117. The maximum Gasteiger partial charge on any atom is 0.229 e. The van der Waals surface area contributed by atoms with Gasteiger partial charge in [0.25, 0.3) is 0 Å². The van der Waals surface area contributed by atoms with Crippen LogP contribution in [0.4, 0.5) is 5.95 Å². The van der Waals surface area contributed by atoms with E-state index in [1.807, 2.05) is 0 Å². The third-order valence-corrected chi connectivity index (χ3v) is 2.93. The lowest BCUT2D eigenvalue weighted by Gasteiger charge is -2.22. The van der Waals surface area contributed by atoms with Gasteiger partial charge in [0.1, 0.15) is 0 Å². The van der Waals surface area contributed by atoms with E-state index in [0.29, 0.717) is 12.4 Å². The SMILES string of the molecule is NC1(CC(=O)Nc2ncccn2)CCCC1. The predicted octanol–water partition coefficient (Wildman–Crippen LogP) is 1.08. The highest BCUT2D eigenvalue weighted by Crippen LogP contribution is 2.30. The van der Waals surface area contributed by atoms with Crippen molar-refractivity contribution in [2.45, 2.75) is 37.6 Å². The summed E-state index contributed by atoms with van der Waals surface area (Å²) in [5, 5.41) is 2.65. The van der Waals surface area contributed by atoms with Gasteiger partial charge in [-0.2, -0.15) is 0 Å². The summed E-state index contributed by atoms with van der Waals surface area (Å²) in [6.07, 6.45) is 7.63. The summed E-state index contributed by atoms with van der Waals surface area (Å²) in [6.45, 7) is 0. The molecule has 0 atom stereocenters. The number of hydrogen-bond donors (Lipinski definition) is 2. The highest BCUT2D eigenvalue weighted by molar-refractivity contribution is 5.89. The number of nitrogens with two attached hydrogens (primary N) is 1. The molecule has 1 amide bonds. The molecular weight excluding hydrogens is 204 g/mol. The molecule has 1 aliphatic rings. The summed E-state index contributed by atoms with van der Waals surface area (Å²) in [7, 11) is 0. The number of hydrogen-bond acceptors (Lipinski definition) is 4. The van der Waals surface area contributed by atoms with Crippen molar-refractivity contribution in [3.63, 3.8) is 0 Å². The fourth-order valence-electron chi connectivity index (χ4n) is 2.11. The molecule has 86 valence electrons. The number of anilines is 1. The Hall–Kier alpha value is -1.49. The van der Waals surface area contributed by atoms with E-state index in [2.05, 4.69) is 15.3 Å². The molecule has 0 spiro atoms. The van der Waals surface area contributed by atoms with Gasteiger partial charge in [0.05, 0.1) is 0 Å². The molecule has 1 heterocycles. The van der Waals surface area contributed by atoms with Gasteiger partial charge in [0.2, 0.25) is 11.9 Å². The molecule has 2 rings (SSSR count). The molecule has 1 aliphatic carbocycles. The van der Waals surface area contributed by atoms with E-state index in [1.165, 1.54) is 0 Å². The molecule has 0 saturated heterocycles. The Morgan fingerprint density at radius 3 is 2.62 bits per heavy atom. The molecule has 1 aromatic heterocycles. The largest absolute Gasteiger partial charge is 0.325 e. The van der Waals surface area contributed by atoms with E-state index in [9.17, 15) is 4.79 Å². The number of nitrogens with one attached hydrogen (secondary N) is 1. The van der Waals surface area contributed by atoms with Crippen LogP contribution in [-0.2, 0) is 4.79 Å². The predicted molar refractivity (Wildman–Crippen MR) is 60.7 cm³/mol. The monoisotopic (exact) mass is 220 g/mol. The highest BCUT2D eigenvalue weighted by Gasteiger charge is 2.31. The third kappa shape index (κ3) is 2.76. The Balaban J connectivity index is 1.89. The first kappa shape index (κ1) is 11.0. The number of carbonyl (C=O) groups is 1. The van der Waals surface area contributed by atoms with Crippen molar-refractivity contribution in [3.05, 3.63) is 18.5 Å². The first-order chi connectivity index (χ1) is 7.68. The van der Waals surface area contributed by atoms with Crippen LogP contribution in [0.2, 0.25) is 0 Å². The number of aromatic nitrogens is 2. The van der Waals surface area contributed by atoms with E-state index in [0.717, 1.165) is 25.7 Å². The van der Waals surface area contributed by atoms with Gasteiger partial charge < -0.3 is 5.73 Å². The second-order valence-corrected chi connectivity index (χ2v) is 4.37. The second kappa shape index (κ2) is 4.57. The molecule has 16 heavy (non-hydrogen) atoms. The fourth-order valence-corrected chi connectivity index (χ4v) is 2.11. The lowest BCUT2D eigenvalue weighted by Crippen LogP contribution is -2.40. The first-order valence-corrected chi connectivity index (χ1v) is 5.54. The van der Waals surface area contributed by atoms with Crippen molar-refractivity contribution in [1.29, 1.82) is 0 Å². The summed E-state index contributed by atoms with van der Waals surface area (Å²) >= 11 is 0. The maximum atomic E-state index is 11.7. The fraction of sp³-hybridized carbons (Fsp3) is 0.545. The molecule has 0 aromatic carbocycles. The highest BCUT2D eigenvalue weighted by atomic mass is 16.1. The zero-order valence-electron chi connectivity index (χ0n) is 9.15. The zero-order valence-corrected chi connectivity index (χ0v) is 9.15. The van der Waals surface area contributed by atoms with Crippen molar-refractivity contribution in [1.82, 2.24) is 9.97 Å². The van der Waals surface area contributed by atoms with Crippen molar-refractivity contribution in [2.24, 2.45) is 5.73 Å². The Kier molecular flexibility index (Phi) is 3.14. The van der Waals surface area contributed by atoms with Crippen LogP contribution in [0.25, 0.3) is 0 Å². The smallest absolute Gasteiger partial charge is 0.229 e. The minimum atomic E-state index is -0.321. The van der Waals surface area contributed by atoms with Gasteiger partial charge in [0.15, 0.2) is 0 Å². The molecular formula is C11H16N4O. The van der Waals surface area contributed by atoms with E-state index in [-0.39, 0.29) is 11.4 Å². The number of nitrogens with zero attached hydrogens (tertiary/aromatic N) is 2. The summed E-state index contributed by atoms with van der Waals surface area (Å²) in [6, 6.07) is 1.71.